The van der Waals surface area contributed by atoms with E-state index >= 15 is 0 Å². The van der Waals surface area contributed by atoms with E-state index in [0.29, 0.717) is 12.5 Å². The Kier molecular flexibility index (Phi) is 3.90. The molecule has 1 aliphatic carbocycles. The first kappa shape index (κ1) is 13.3. The van der Waals surface area contributed by atoms with Crippen LogP contribution in [-0.4, -0.2) is 36.1 Å². The van der Waals surface area contributed by atoms with Gasteiger partial charge in [0, 0.05) is 12.6 Å². The molecule has 1 saturated carbocycles. The molecule has 0 radical (unpaired) electrons. The van der Waals surface area contributed by atoms with Crippen LogP contribution in [0.15, 0.2) is 0 Å². The lowest BCUT2D eigenvalue weighted by Gasteiger charge is -2.28. The number of rotatable bonds is 6. The summed E-state index contributed by atoms with van der Waals surface area (Å²) >= 11 is 0. The summed E-state index contributed by atoms with van der Waals surface area (Å²) in [5.41, 5.74) is -0.328. The highest BCUT2D eigenvalue weighted by Crippen LogP contribution is 2.36. The van der Waals surface area contributed by atoms with Crippen LogP contribution < -0.4 is 10.6 Å². The summed E-state index contributed by atoms with van der Waals surface area (Å²) in [6, 6.07) is -0.181. The summed E-state index contributed by atoms with van der Waals surface area (Å²) in [7, 11) is 0. The van der Waals surface area contributed by atoms with Crippen LogP contribution in [0.25, 0.3) is 0 Å². The zero-order chi connectivity index (χ0) is 13.2. The number of hydrogen-bond acceptors (Lipinski definition) is 3. The Morgan fingerprint density at radius 2 is 2.22 bits per heavy atom. The SMILES string of the molecule is CCC1(C(=O)NC(CC(=O)O)C2CC2)CCNC1. The molecule has 2 aliphatic rings. The van der Waals surface area contributed by atoms with Gasteiger partial charge in [0.05, 0.1) is 11.8 Å². The Labute approximate surface area is 107 Å². The Morgan fingerprint density at radius 3 is 2.67 bits per heavy atom. The normalized spacial score (nSPS) is 28.9. The molecule has 5 nitrogen and oxygen atoms in total. The van der Waals surface area contributed by atoms with Crippen LogP contribution >= 0.6 is 0 Å². The topological polar surface area (TPSA) is 78.4 Å². The van der Waals surface area contributed by atoms with Crippen LogP contribution in [0.2, 0.25) is 0 Å². The average molecular weight is 254 g/mol. The summed E-state index contributed by atoms with van der Waals surface area (Å²) in [5, 5.41) is 15.1. The highest BCUT2D eigenvalue weighted by atomic mass is 16.4. The molecule has 3 N–H and O–H groups in total. The number of carboxylic acids is 1. The first-order valence-corrected chi connectivity index (χ1v) is 6.81. The van der Waals surface area contributed by atoms with Crippen LogP contribution in [0.1, 0.15) is 39.0 Å². The van der Waals surface area contributed by atoms with E-state index in [1.54, 1.807) is 0 Å². The summed E-state index contributed by atoms with van der Waals surface area (Å²) < 4.78 is 0. The number of carbonyl (C=O) groups is 2. The van der Waals surface area contributed by atoms with Crippen LogP contribution in [0.4, 0.5) is 0 Å². The maximum absolute atomic E-state index is 12.4. The predicted octanol–water partition coefficient (Wildman–Crippen LogP) is 0.746. The van der Waals surface area contributed by atoms with E-state index in [1.807, 2.05) is 6.92 Å². The van der Waals surface area contributed by atoms with E-state index in [4.69, 9.17) is 5.11 Å². The average Bonchev–Trinajstić information content (AvgIpc) is 3.05. The summed E-state index contributed by atoms with van der Waals surface area (Å²) in [6.07, 6.45) is 3.77. The maximum atomic E-state index is 12.4. The third kappa shape index (κ3) is 2.83. The molecule has 18 heavy (non-hydrogen) atoms. The predicted molar refractivity (Wildman–Crippen MR) is 67.1 cm³/mol. The number of nitrogens with one attached hydrogen (secondary N) is 2. The van der Waals surface area contributed by atoms with Crippen molar-refractivity contribution in [1.29, 1.82) is 0 Å². The van der Waals surface area contributed by atoms with E-state index in [2.05, 4.69) is 10.6 Å². The van der Waals surface area contributed by atoms with Gasteiger partial charge in [0.15, 0.2) is 0 Å². The lowest BCUT2D eigenvalue weighted by atomic mass is 9.83. The monoisotopic (exact) mass is 254 g/mol. The minimum atomic E-state index is -0.831. The molecular formula is C13H22N2O3. The molecule has 0 aromatic rings. The smallest absolute Gasteiger partial charge is 0.305 e. The molecule has 1 saturated heterocycles. The summed E-state index contributed by atoms with van der Waals surface area (Å²) in [5.74, 6) is -0.427. The Bertz CT molecular complexity index is 333. The van der Waals surface area contributed by atoms with Gasteiger partial charge in [-0.3, -0.25) is 9.59 Å². The zero-order valence-electron chi connectivity index (χ0n) is 10.9. The Balaban J connectivity index is 1.97. The van der Waals surface area contributed by atoms with Crippen molar-refractivity contribution in [3.63, 3.8) is 0 Å². The van der Waals surface area contributed by atoms with Gasteiger partial charge in [0.25, 0.3) is 0 Å². The molecule has 0 spiro atoms. The maximum Gasteiger partial charge on any atom is 0.305 e. The number of carboxylic acid groups (broad SMARTS) is 1. The van der Waals surface area contributed by atoms with Crippen molar-refractivity contribution >= 4 is 11.9 Å². The van der Waals surface area contributed by atoms with E-state index in [-0.39, 0.29) is 23.8 Å². The minimum Gasteiger partial charge on any atom is -0.481 e. The van der Waals surface area contributed by atoms with Crippen LogP contribution in [0.5, 0.6) is 0 Å². The number of amides is 1. The third-order valence-corrected chi connectivity index (χ3v) is 4.30. The molecule has 0 bridgehead atoms. The van der Waals surface area contributed by atoms with Crippen LogP contribution in [0.3, 0.4) is 0 Å². The van der Waals surface area contributed by atoms with Crippen molar-refractivity contribution in [2.75, 3.05) is 13.1 Å². The van der Waals surface area contributed by atoms with Gasteiger partial charge in [0.1, 0.15) is 0 Å². The molecule has 5 heteroatoms. The molecule has 2 atom stereocenters. The molecule has 102 valence electrons. The lowest BCUT2D eigenvalue weighted by Crippen LogP contribution is -2.48. The van der Waals surface area contributed by atoms with Gasteiger partial charge >= 0.3 is 5.97 Å². The summed E-state index contributed by atoms with van der Waals surface area (Å²) in [6.45, 7) is 3.60. The first-order chi connectivity index (χ1) is 8.57. The van der Waals surface area contributed by atoms with E-state index in [9.17, 15) is 9.59 Å². The molecule has 2 rings (SSSR count). The molecular weight excluding hydrogens is 232 g/mol. The Morgan fingerprint density at radius 1 is 1.50 bits per heavy atom. The fraction of sp³-hybridized carbons (Fsp3) is 0.846. The number of aliphatic carboxylic acids is 1. The fourth-order valence-electron chi connectivity index (χ4n) is 2.74. The second-order valence-electron chi connectivity index (χ2n) is 5.58. The lowest BCUT2D eigenvalue weighted by molar-refractivity contribution is -0.138. The third-order valence-electron chi connectivity index (χ3n) is 4.30. The van der Waals surface area contributed by atoms with Crippen LogP contribution in [0, 0.1) is 11.3 Å². The van der Waals surface area contributed by atoms with Gasteiger partial charge in [-0.25, -0.2) is 0 Å². The first-order valence-electron chi connectivity index (χ1n) is 6.81. The van der Waals surface area contributed by atoms with Crippen molar-refractivity contribution in [2.24, 2.45) is 11.3 Å². The van der Waals surface area contributed by atoms with Gasteiger partial charge in [-0.05, 0) is 38.1 Å². The van der Waals surface area contributed by atoms with E-state index in [0.717, 1.165) is 32.2 Å². The fourth-order valence-corrected chi connectivity index (χ4v) is 2.74. The van der Waals surface area contributed by atoms with Gasteiger partial charge in [-0.1, -0.05) is 6.92 Å². The van der Waals surface area contributed by atoms with Gasteiger partial charge in [-0.2, -0.15) is 0 Å². The highest BCUT2D eigenvalue weighted by Gasteiger charge is 2.42. The van der Waals surface area contributed by atoms with E-state index < -0.39 is 5.97 Å². The van der Waals surface area contributed by atoms with Crippen molar-refractivity contribution < 1.29 is 14.7 Å². The minimum absolute atomic E-state index is 0.0353. The molecule has 2 fully saturated rings. The van der Waals surface area contributed by atoms with Crippen LogP contribution in [-0.2, 0) is 9.59 Å². The molecule has 0 aromatic carbocycles. The van der Waals surface area contributed by atoms with Crippen molar-refractivity contribution in [2.45, 2.75) is 45.1 Å². The highest BCUT2D eigenvalue weighted by molar-refractivity contribution is 5.84. The second-order valence-corrected chi connectivity index (χ2v) is 5.58. The van der Waals surface area contributed by atoms with Gasteiger partial charge < -0.3 is 15.7 Å². The molecule has 0 aromatic heterocycles. The standard InChI is InChI=1S/C13H22N2O3/c1-2-13(5-6-14-8-13)12(18)15-10(7-11(16)17)9-3-4-9/h9-10,14H,2-8H2,1H3,(H,15,18)(H,16,17). The van der Waals surface area contributed by atoms with Crippen molar-refractivity contribution in [3.05, 3.63) is 0 Å². The summed E-state index contributed by atoms with van der Waals surface area (Å²) in [4.78, 5) is 23.2. The van der Waals surface area contributed by atoms with Gasteiger partial charge in [0.2, 0.25) is 5.91 Å². The molecule has 1 aliphatic heterocycles. The number of carbonyl (C=O) groups excluding carboxylic acids is 1. The van der Waals surface area contributed by atoms with Gasteiger partial charge in [-0.15, -0.1) is 0 Å². The largest absolute Gasteiger partial charge is 0.481 e. The van der Waals surface area contributed by atoms with Crippen molar-refractivity contribution in [1.82, 2.24) is 10.6 Å². The Hall–Kier alpha value is -1.10. The van der Waals surface area contributed by atoms with E-state index in [1.165, 1.54) is 0 Å². The molecule has 1 amide bonds. The van der Waals surface area contributed by atoms with Crippen molar-refractivity contribution in [3.8, 4) is 0 Å². The zero-order valence-corrected chi connectivity index (χ0v) is 10.9. The number of hydrogen-bond donors (Lipinski definition) is 3. The quantitative estimate of drug-likeness (QED) is 0.653. The molecule has 1 heterocycles. The molecule has 2 unspecified atom stereocenters. The second kappa shape index (κ2) is 5.26.